The van der Waals surface area contributed by atoms with Crippen molar-refractivity contribution in [3.05, 3.63) is 477 Å². The Labute approximate surface area is 838 Å². The zero-order chi connectivity index (χ0) is 96.8. The molecule has 0 saturated heterocycles. The first-order valence-electron chi connectivity index (χ1n) is 50.3. The van der Waals surface area contributed by atoms with Crippen LogP contribution in [0.1, 0.15) is 42.0 Å². The summed E-state index contributed by atoms with van der Waals surface area (Å²) in [5.74, 6) is 0.428. The fourth-order valence-electron chi connectivity index (χ4n) is 24.2. The quantitative estimate of drug-likeness (QED) is 0.125. The molecule has 26 aromatic carbocycles. The lowest BCUT2D eigenvalue weighted by molar-refractivity contribution is 0.668. The SMILES string of the molecule is CC(C)c1ccc(N(c2cc3oc4ccc5c6ccccc6c6ccccc6c5c4c3c3ccccc23)c2cccc3c2oc2ccccc23)cc1.Cc1ccccc1N(c1ccc2c(c1)oc1ccccc12)c1cc2oc3c(ccc4c5ccccc5c5ccccc5c43)c2c2ccccc12.Cc1ccccc1N(c1ccccc1C)c1cc2oc3cc4c5ccccc5c5ccccc5c4cc3c2c2ccccc12. The molecule has 8 nitrogen and oxygen atoms in total. The molecule has 0 unspecified atom stereocenters. The fourth-order valence-corrected chi connectivity index (χ4v) is 24.2. The van der Waals surface area contributed by atoms with Crippen LogP contribution < -0.4 is 14.7 Å². The summed E-state index contributed by atoms with van der Waals surface area (Å²) in [6.45, 7) is 11.0. The van der Waals surface area contributed by atoms with Crippen LogP contribution in [0.15, 0.2) is 477 Å². The van der Waals surface area contributed by atoms with Crippen molar-refractivity contribution < 1.29 is 22.1 Å². The molecule has 0 saturated carbocycles. The number of anilines is 9. The molecular weight excluding hydrogens is 1780 g/mol. The lowest BCUT2D eigenvalue weighted by atomic mass is 9.91. The minimum absolute atomic E-state index is 0.428. The van der Waals surface area contributed by atoms with Crippen LogP contribution in [0.25, 0.3) is 239 Å². The van der Waals surface area contributed by atoms with Crippen LogP contribution in [0.5, 0.6) is 0 Å². The molecule has 5 heterocycles. The Balaban J connectivity index is 0.000000104. The molecule has 0 amide bonds. The van der Waals surface area contributed by atoms with Gasteiger partial charge in [0.2, 0.25) is 0 Å². The lowest BCUT2D eigenvalue weighted by Gasteiger charge is -2.29. The highest BCUT2D eigenvalue weighted by atomic mass is 16.3. The average Bonchev–Trinajstić information content (AvgIpc) is 1.63. The van der Waals surface area contributed by atoms with Gasteiger partial charge >= 0.3 is 0 Å². The van der Waals surface area contributed by atoms with Gasteiger partial charge in [-0.1, -0.05) is 354 Å². The minimum Gasteiger partial charge on any atom is -0.456 e. The minimum atomic E-state index is 0.428. The zero-order valence-electron chi connectivity index (χ0n) is 80.8. The number of rotatable bonds is 10. The summed E-state index contributed by atoms with van der Waals surface area (Å²) in [5.41, 5.74) is 23.4. The maximum Gasteiger partial charge on any atom is 0.159 e. The number of para-hydroxylation sites is 6. The predicted molar refractivity (Wildman–Crippen MR) is 618 cm³/mol. The third-order valence-corrected chi connectivity index (χ3v) is 30.8. The van der Waals surface area contributed by atoms with Gasteiger partial charge in [-0.05, 0) is 242 Å². The first-order valence-corrected chi connectivity index (χ1v) is 50.3. The molecule has 0 bridgehead atoms. The largest absolute Gasteiger partial charge is 0.456 e. The highest BCUT2D eigenvalue weighted by Gasteiger charge is 2.31. The summed E-state index contributed by atoms with van der Waals surface area (Å²) in [6, 6.07) is 163. The highest BCUT2D eigenvalue weighted by molar-refractivity contribution is 6.39. The molecule has 8 heteroatoms. The average molecular weight is 1870 g/mol. The van der Waals surface area contributed by atoms with Crippen LogP contribution in [-0.2, 0) is 0 Å². The van der Waals surface area contributed by atoms with Gasteiger partial charge in [-0.3, -0.25) is 0 Å². The van der Waals surface area contributed by atoms with Crippen LogP contribution in [0, 0.1) is 20.8 Å². The van der Waals surface area contributed by atoms with Gasteiger partial charge in [0.25, 0.3) is 0 Å². The van der Waals surface area contributed by atoms with E-state index >= 15 is 0 Å². The van der Waals surface area contributed by atoms with Gasteiger partial charge < -0.3 is 36.8 Å². The van der Waals surface area contributed by atoms with Gasteiger partial charge in [0.05, 0.1) is 22.7 Å². The van der Waals surface area contributed by atoms with Crippen molar-refractivity contribution in [2.24, 2.45) is 0 Å². The number of benzene rings is 26. The molecule has 0 aliphatic carbocycles. The normalized spacial score (nSPS) is 12.1. The lowest BCUT2D eigenvalue weighted by Crippen LogP contribution is -2.13. The van der Waals surface area contributed by atoms with E-state index in [-0.39, 0.29) is 0 Å². The molecule has 0 spiro atoms. The van der Waals surface area contributed by atoms with Crippen molar-refractivity contribution in [1.82, 2.24) is 0 Å². The van der Waals surface area contributed by atoms with Crippen LogP contribution in [0.3, 0.4) is 0 Å². The van der Waals surface area contributed by atoms with Crippen molar-refractivity contribution in [2.45, 2.75) is 40.5 Å². The van der Waals surface area contributed by atoms with Crippen LogP contribution in [0.2, 0.25) is 0 Å². The molecule has 0 N–H and O–H groups in total. The van der Waals surface area contributed by atoms with E-state index in [0.717, 1.165) is 188 Å². The van der Waals surface area contributed by atoms with Crippen molar-refractivity contribution >= 4 is 290 Å². The molecule has 146 heavy (non-hydrogen) atoms. The van der Waals surface area contributed by atoms with E-state index in [1.54, 1.807) is 0 Å². The molecule has 31 aromatic rings. The van der Waals surface area contributed by atoms with Crippen LogP contribution in [-0.4, -0.2) is 0 Å². The van der Waals surface area contributed by atoms with Crippen molar-refractivity contribution in [2.75, 3.05) is 14.7 Å². The number of hydrogen-bond donors (Lipinski definition) is 0. The van der Waals surface area contributed by atoms with E-state index in [1.165, 1.54) is 125 Å². The molecule has 0 atom stereocenters. The van der Waals surface area contributed by atoms with Gasteiger partial charge in [-0.2, -0.15) is 0 Å². The zero-order valence-corrected chi connectivity index (χ0v) is 80.8. The van der Waals surface area contributed by atoms with E-state index < -0.39 is 0 Å². The molecule has 0 fully saturated rings. The number of hydrogen-bond acceptors (Lipinski definition) is 8. The third-order valence-electron chi connectivity index (χ3n) is 30.8. The van der Waals surface area contributed by atoms with Gasteiger partial charge in [0.1, 0.15) is 50.2 Å². The highest BCUT2D eigenvalue weighted by Crippen LogP contribution is 2.56. The molecule has 0 aliphatic heterocycles. The summed E-state index contributed by atoms with van der Waals surface area (Å²) in [5, 5.41) is 40.6. The molecule has 688 valence electrons. The standard InChI is InChI=1S/C49H33NO2.C47H29NO2.C42H29NO/c1-29(2)30-22-24-31(25-23-30)50(41-20-11-19-40-36-16-9-10-21-43(36)52-49(40)41)42-28-45-47(38-18-8-6-15-35(38)42)48-44(51-45)27-26-39-34-14-4-3-12-32(34)33-13-5-7-17-37(33)46(39)48;1-28-12-2-10-20-40(28)48(29-22-23-35-34-17-9-11-21-42(34)49-43(35)26-29)41-27-44-45(37-19-8-6-16-33(37)41)39-25-24-38-32-15-4-3-13-30(32)31-14-5-7-18-36(31)46(38)47(39)50-44;1-26-13-3-11-21-37(26)43(38-22-12-4-14-27(38)2)39-25-41-42(33-20-10-9-19-32(33)39)36-23-34-30-17-7-5-15-28(30)29-16-6-8-18-31(29)35(34)24-40(36)44-41/h3-29H,1-2H3;2-27H,1H3;3-25H,1-2H3. The number of furan rings is 5. The Bertz CT molecular complexity index is 10800. The Morgan fingerprint density at radius 2 is 0.459 bits per heavy atom. The van der Waals surface area contributed by atoms with Crippen molar-refractivity contribution in [3.8, 4) is 0 Å². The van der Waals surface area contributed by atoms with Crippen molar-refractivity contribution in [3.63, 3.8) is 0 Å². The maximum atomic E-state index is 7.09. The molecular formula is C138H91N3O5. The van der Waals surface area contributed by atoms with Gasteiger partial charge in [-0.15, -0.1) is 0 Å². The number of nitrogens with zero attached hydrogens (tertiary/aromatic N) is 3. The molecule has 5 aromatic heterocycles. The first-order chi connectivity index (χ1) is 72.0. The Morgan fingerprint density at radius 1 is 0.151 bits per heavy atom. The molecule has 0 aliphatic rings. The summed E-state index contributed by atoms with van der Waals surface area (Å²) in [6.07, 6.45) is 0. The van der Waals surface area contributed by atoms with Gasteiger partial charge in [0, 0.05) is 133 Å². The Kier molecular flexibility index (Phi) is 19.1. The summed E-state index contributed by atoms with van der Waals surface area (Å²) >= 11 is 0. The molecule has 0 radical (unpaired) electrons. The first kappa shape index (κ1) is 84.1. The Morgan fingerprint density at radius 3 is 0.979 bits per heavy atom. The van der Waals surface area contributed by atoms with Gasteiger partial charge in [-0.25, -0.2) is 0 Å². The summed E-state index contributed by atoms with van der Waals surface area (Å²) < 4.78 is 33.9. The van der Waals surface area contributed by atoms with Gasteiger partial charge in [0.15, 0.2) is 5.58 Å². The van der Waals surface area contributed by atoms with Crippen LogP contribution in [0.4, 0.5) is 51.2 Å². The van der Waals surface area contributed by atoms with E-state index in [4.69, 9.17) is 22.1 Å². The second-order valence-electron chi connectivity index (χ2n) is 39.3. The topological polar surface area (TPSA) is 75.4 Å². The number of aryl methyl sites for hydroxylation is 3. The second-order valence-corrected chi connectivity index (χ2v) is 39.3. The van der Waals surface area contributed by atoms with Crippen molar-refractivity contribution in [1.29, 1.82) is 0 Å². The maximum absolute atomic E-state index is 7.09. The Hall–Kier alpha value is -18.8. The third kappa shape index (κ3) is 13.0. The summed E-state index contributed by atoms with van der Waals surface area (Å²) in [7, 11) is 0. The fraction of sp³-hybridized carbons (Fsp3) is 0.0435. The van der Waals surface area contributed by atoms with E-state index in [0.29, 0.717) is 5.92 Å². The summed E-state index contributed by atoms with van der Waals surface area (Å²) in [4.78, 5) is 7.11. The number of fused-ring (bicyclic) bond motifs is 41. The van der Waals surface area contributed by atoms with Crippen LogP contribution >= 0.6 is 0 Å². The monoisotopic (exact) mass is 1870 g/mol. The van der Waals surface area contributed by atoms with E-state index in [1.807, 2.05) is 24.3 Å². The smallest absolute Gasteiger partial charge is 0.159 e. The van der Waals surface area contributed by atoms with E-state index in [9.17, 15) is 0 Å². The molecule has 31 rings (SSSR count). The second kappa shape index (κ2) is 33.2. The van der Waals surface area contributed by atoms with E-state index in [2.05, 4.69) is 480 Å². The predicted octanol–water partition coefficient (Wildman–Crippen LogP) is 40.9.